The predicted molar refractivity (Wildman–Crippen MR) is 73.4 cm³/mol. The van der Waals surface area contributed by atoms with E-state index in [1.165, 1.54) is 0 Å². The number of carbonyl (C=O) groups excluding carboxylic acids is 1. The summed E-state index contributed by atoms with van der Waals surface area (Å²) < 4.78 is 11.1. The minimum absolute atomic E-state index is 0.0566. The van der Waals surface area contributed by atoms with Gasteiger partial charge in [0.1, 0.15) is 0 Å². The lowest BCUT2D eigenvalue weighted by molar-refractivity contribution is -0.141. The molecule has 0 aromatic heterocycles. The van der Waals surface area contributed by atoms with Crippen molar-refractivity contribution < 1.29 is 18.9 Å². The van der Waals surface area contributed by atoms with Crippen LogP contribution in [-0.2, 0) is 15.6 Å². The molecule has 4 unspecified atom stereocenters. The molecule has 4 atom stereocenters. The lowest BCUT2D eigenvalue weighted by atomic mass is 10.1. The first-order chi connectivity index (χ1) is 8.90. The Morgan fingerprint density at radius 3 is 2.63 bits per heavy atom. The Morgan fingerprint density at radius 1 is 1.42 bits per heavy atom. The molecule has 3 N–H and O–H groups in total. The van der Waals surface area contributed by atoms with Gasteiger partial charge < -0.3 is 15.7 Å². The first-order valence-corrected chi connectivity index (χ1v) is 8.11. The van der Waals surface area contributed by atoms with Crippen molar-refractivity contribution in [2.45, 2.75) is 43.9 Å². The van der Waals surface area contributed by atoms with Gasteiger partial charge in [-0.1, -0.05) is 6.92 Å². The fraction of sp³-hybridized carbons (Fsp3) is 0.833. The van der Waals surface area contributed by atoms with Crippen molar-refractivity contribution in [1.29, 1.82) is 0 Å². The lowest BCUT2D eigenvalue weighted by Crippen LogP contribution is -2.42. The number of carbonyl (C=O) groups is 2. The molecular formula is C12H22N2O4S. The topological polar surface area (TPSA) is 95.5 Å². The van der Waals surface area contributed by atoms with E-state index in [0.717, 1.165) is 0 Å². The molecule has 0 bridgehead atoms. The second kappa shape index (κ2) is 7.47. The van der Waals surface area contributed by atoms with Gasteiger partial charge in [0.25, 0.3) is 0 Å². The summed E-state index contributed by atoms with van der Waals surface area (Å²) in [6, 6.07) is -0.330. The van der Waals surface area contributed by atoms with Crippen LogP contribution in [-0.4, -0.2) is 45.4 Å². The van der Waals surface area contributed by atoms with Gasteiger partial charge in [-0.3, -0.25) is 9.00 Å². The fourth-order valence-electron chi connectivity index (χ4n) is 2.13. The largest absolute Gasteiger partial charge is 0.481 e. The van der Waals surface area contributed by atoms with Crippen LogP contribution >= 0.6 is 0 Å². The minimum atomic E-state index is -0.876. The molecule has 1 rings (SSSR count). The number of aliphatic carboxylic acids is 1. The summed E-state index contributed by atoms with van der Waals surface area (Å²) in [5.74, 6) is -1.13. The SMILES string of the molecule is CC(CCNC(=O)NC1CCC(C(=O)O)C1)S(C)=O. The van der Waals surface area contributed by atoms with Gasteiger partial charge in [0, 0.05) is 34.9 Å². The molecule has 1 fully saturated rings. The van der Waals surface area contributed by atoms with Gasteiger partial charge in [0.15, 0.2) is 0 Å². The molecule has 110 valence electrons. The van der Waals surface area contributed by atoms with E-state index in [9.17, 15) is 13.8 Å². The Bertz CT molecular complexity index is 362. The Kier molecular flexibility index (Phi) is 6.27. The highest BCUT2D eigenvalue weighted by Gasteiger charge is 2.30. The predicted octanol–water partition coefficient (Wildman–Crippen LogP) is 0.696. The first kappa shape index (κ1) is 15.9. The second-order valence-electron chi connectivity index (χ2n) is 5.04. The summed E-state index contributed by atoms with van der Waals surface area (Å²) in [7, 11) is -0.876. The molecular weight excluding hydrogens is 268 g/mol. The Hall–Kier alpha value is -1.11. The Morgan fingerprint density at radius 2 is 2.11 bits per heavy atom. The van der Waals surface area contributed by atoms with Gasteiger partial charge in [-0.15, -0.1) is 0 Å². The molecule has 1 aliphatic carbocycles. The first-order valence-electron chi connectivity index (χ1n) is 6.49. The molecule has 2 amide bonds. The van der Waals surface area contributed by atoms with Gasteiger partial charge in [0.05, 0.1) is 5.92 Å². The fourth-order valence-corrected chi connectivity index (χ4v) is 2.58. The highest BCUT2D eigenvalue weighted by atomic mass is 32.2. The smallest absolute Gasteiger partial charge is 0.315 e. The number of rotatable bonds is 6. The van der Waals surface area contributed by atoms with E-state index in [-0.39, 0.29) is 23.2 Å². The number of amides is 2. The number of carboxylic acids is 1. The summed E-state index contributed by atoms with van der Waals surface area (Å²) in [5, 5.41) is 14.4. The van der Waals surface area contributed by atoms with E-state index < -0.39 is 16.8 Å². The van der Waals surface area contributed by atoms with Crippen molar-refractivity contribution in [3.05, 3.63) is 0 Å². The molecule has 1 aliphatic rings. The van der Waals surface area contributed by atoms with Crippen LogP contribution in [0.25, 0.3) is 0 Å². The molecule has 0 radical (unpaired) electrons. The van der Waals surface area contributed by atoms with Crippen molar-refractivity contribution in [3.63, 3.8) is 0 Å². The third kappa shape index (κ3) is 5.59. The number of hydrogen-bond donors (Lipinski definition) is 3. The van der Waals surface area contributed by atoms with Crippen LogP contribution in [0.5, 0.6) is 0 Å². The zero-order valence-electron chi connectivity index (χ0n) is 11.3. The van der Waals surface area contributed by atoms with Gasteiger partial charge in [-0.2, -0.15) is 0 Å². The van der Waals surface area contributed by atoms with E-state index in [0.29, 0.717) is 32.2 Å². The van der Waals surface area contributed by atoms with Crippen LogP contribution in [0.4, 0.5) is 4.79 Å². The molecule has 7 heteroatoms. The van der Waals surface area contributed by atoms with Crippen LogP contribution in [0.1, 0.15) is 32.6 Å². The maximum absolute atomic E-state index is 11.6. The molecule has 0 spiro atoms. The summed E-state index contributed by atoms with van der Waals surface area (Å²) in [5.41, 5.74) is 0. The third-order valence-electron chi connectivity index (χ3n) is 3.52. The molecule has 6 nitrogen and oxygen atoms in total. The molecule has 0 aromatic carbocycles. The third-order valence-corrected chi connectivity index (χ3v) is 4.89. The molecule has 0 saturated heterocycles. The molecule has 1 saturated carbocycles. The Balaban J connectivity index is 2.18. The van der Waals surface area contributed by atoms with E-state index >= 15 is 0 Å². The van der Waals surface area contributed by atoms with Crippen LogP contribution < -0.4 is 10.6 Å². The van der Waals surface area contributed by atoms with Gasteiger partial charge >= 0.3 is 12.0 Å². The normalized spacial score (nSPS) is 25.6. The Labute approximate surface area is 115 Å². The van der Waals surface area contributed by atoms with Crippen LogP contribution in [0.2, 0.25) is 0 Å². The highest BCUT2D eigenvalue weighted by molar-refractivity contribution is 7.84. The van der Waals surface area contributed by atoms with Crippen LogP contribution in [0, 0.1) is 5.92 Å². The molecule has 0 heterocycles. The average Bonchev–Trinajstić information content (AvgIpc) is 2.77. The average molecular weight is 290 g/mol. The summed E-state index contributed by atoms with van der Waals surface area (Å²) in [6.07, 6.45) is 4.14. The van der Waals surface area contributed by atoms with Crippen molar-refractivity contribution in [1.82, 2.24) is 10.6 Å². The zero-order chi connectivity index (χ0) is 14.4. The number of urea groups is 1. The van der Waals surface area contributed by atoms with E-state index in [1.807, 2.05) is 6.92 Å². The van der Waals surface area contributed by atoms with Crippen molar-refractivity contribution in [3.8, 4) is 0 Å². The van der Waals surface area contributed by atoms with Crippen molar-refractivity contribution in [2.75, 3.05) is 12.8 Å². The lowest BCUT2D eigenvalue weighted by Gasteiger charge is -2.14. The quantitative estimate of drug-likeness (QED) is 0.671. The standard InChI is InChI=1S/C12H22N2O4S/c1-8(19(2)18)5-6-13-12(17)14-10-4-3-9(7-10)11(15)16/h8-10H,3-7H2,1-2H3,(H,15,16)(H2,13,14,17). The summed E-state index contributed by atoms with van der Waals surface area (Å²) >= 11 is 0. The summed E-state index contributed by atoms with van der Waals surface area (Å²) in [6.45, 7) is 2.35. The number of nitrogens with one attached hydrogen (secondary N) is 2. The van der Waals surface area contributed by atoms with Gasteiger partial charge in [-0.25, -0.2) is 4.79 Å². The van der Waals surface area contributed by atoms with Gasteiger partial charge in [0.2, 0.25) is 0 Å². The molecule has 0 aliphatic heterocycles. The van der Waals surface area contributed by atoms with Crippen LogP contribution in [0.15, 0.2) is 0 Å². The molecule has 0 aromatic rings. The number of hydrogen-bond acceptors (Lipinski definition) is 3. The monoisotopic (exact) mass is 290 g/mol. The summed E-state index contributed by atoms with van der Waals surface area (Å²) in [4.78, 5) is 22.4. The van der Waals surface area contributed by atoms with Crippen LogP contribution in [0.3, 0.4) is 0 Å². The van der Waals surface area contributed by atoms with E-state index in [1.54, 1.807) is 6.26 Å². The second-order valence-corrected chi connectivity index (χ2v) is 6.85. The van der Waals surface area contributed by atoms with E-state index in [4.69, 9.17) is 5.11 Å². The molecule has 19 heavy (non-hydrogen) atoms. The maximum Gasteiger partial charge on any atom is 0.315 e. The van der Waals surface area contributed by atoms with Crippen molar-refractivity contribution >= 4 is 22.8 Å². The minimum Gasteiger partial charge on any atom is -0.481 e. The van der Waals surface area contributed by atoms with Gasteiger partial charge in [-0.05, 0) is 25.7 Å². The van der Waals surface area contributed by atoms with E-state index in [2.05, 4.69) is 10.6 Å². The highest BCUT2D eigenvalue weighted by Crippen LogP contribution is 2.25. The number of carboxylic acid groups (broad SMARTS) is 1. The van der Waals surface area contributed by atoms with Crippen molar-refractivity contribution in [2.24, 2.45) is 5.92 Å². The maximum atomic E-state index is 11.6. The zero-order valence-corrected chi connectivity index (χ0v) is 12.2.